The Hall–Kier alpha value is -2.72. The molecule has 0 aliphatic carbocycles. The molecule has 11 heteroatoms. The molecule has 3 rings (SSSR count). The third kappa shape index (κ3) is 3.86. The number of benzene rings is 1. The van der Waals surface area contributed by atoms with Crippen molar-refractivity contribution in [1.29, 1.82) is 0 Å². The number of amides is 1. The largest absolute Gasteiger partial charge is 0.358 e. The summed E-state index contributed by atoms with van der Waals surface area (Å²) in [4.78, 5) is 22.7. The van der Waals surface area contributed by atoms with Gasteiger partial charge >= 0.3 is 5.82 Å². The van der Waals surface area contributed by atoms with Crippen molar-refractivity contribution < 1.29 is 9.72 Å². The summed E-state index contributed by atoms with van der Waals surface area (Å²) in [5.74, 6) is -0.968. The van der Waals surface area contributed by atoms with Crippen LogP contribution in [0.25, 0.3) is 0 Å². The zero-order valence-electron chi connectivity index (χ0n) is 14.3. The molecule has 9 nitrogen and oxygen atoms in total. The molecule has 1 aromatic carbocycles. The number of carbonyl (C=O) groups is 1. The van der Waals surface area contributed by atoms with E-state index >= 15 is 0 Å². The monoisotopic (exact) mass is 452 g/mol. The average Bonchev–Trinajstić information content (AvgIpc) is 3.10. The zero-order valence-corrected chi connectivity index (χ0v) is 16.6. The molecule has 1 amide bonds. The molecule has 0 bridgehead atoms. The number of halogens is 2. The molecule has 0 radical (unpaired) electrons. The number of H-pyrrole nitrogens is 1. The summed E-state index contributed by atoms with van der Waals surface area (Å²) in [6, 6.07) is 7.42. The number of nitro groups is 1. The second kappa shape index (κ2) is 7.49. The predicted octanol–water partition coefficient (Wildman–Crippen LogP) is 3.85. The SMILES string of the molecule is Cc1nn(Cc2cccc(Cl)c2)c(C)c1NC(=O)c1n[nH]c([N+](=O)[O-])c1Br. The molecule has 27 heavy (non-hydrogen) atoms. The van der Waals surface area contributed by atoms with Gasteiger partial charge in [-0.15, -0.1) is 5.10 Å². The van der Waals surface area contributed by atoms with Crippen molar-refractivity contribution >= 4 is 44.9 Å². The van der Waals surface area contributed by atoms with Crippen LogP contribution in [0.1, 0.15) is 27.4 Å². The predicted molar refractivity (Wildman–Crippen MR) is 103 cm³/mol. The van der Waals surface area contributed by atoms with Crippen LogP contribution in [-0.2, 0) is 6.54 Å². The molecule has 0 aliphatic rings. The van der Waals surface area contributed by atoms with Crippen LogP contribution in [0.3, 0.4) is 0 Å². The molecule has 0 saturated carbocycles. The Morgan fingerprint density at radius 2 is 2.19 bits per heavy atom. The van der Waals surface area contributed by atoms with Crippen LogP contribution < -0.4 is 5.32 Å². The van der Waals surface area contributed by atoms with Crippen molar-refractivity contribution in [2.75, 3.05) is 5.32 Å². The van der Waals surface area contributed by atoms with Crippen molar-refractivity contribution in [3.63, 3.8) is 0 Å². The zero-order chi connectivity index (χ0) is 19.7. The molecule has 3 aromatic rings. The second-order valence-electron chi connectivity index (χ2n) is 5.78. The highest BCUT2D eigenvalue weighted by Crippen LogP contribution is 2.27. The first kappa shape index (κ1) is 19.1. The molecule has 2 heterocycles. The van der Waals surface area contributed by atoms with Crippen LogP contribution in [0.5, 0.6) is 0 Å². The Morgan fingerprint density at radius 3 is 2.81 bits per heavy atom. The van der Waals surface area contributed by atoms with Crippen LogP contribution in [0.4, 0.5) is 11.5 Å². The van der Waals surface area contributed by atoms with Gasteiger partial charge in [0.2, 0.25) is 0 Å². The van der Waals surface area contributed by atoms with Crippen molar-refractivity contribution in [3.05, 3.63) is 66.5 Å². The number of hydrogen-bond acceptors (Lipinski definition) is 5. The van der Waals surface area contributed by atoms with Crippen molar-refractivity contribution in [3.8, 4) is 0 Å². The van der Waals surface area contributed by atoms with E-state index in [-0.39, 0.29) is 16.0 Å². The van der Waals surface area contributed by atoms with Gasteiger partial charge in [-0.25, -0.2) is 0 Å². The third-order valence-electron chi connectivity index (χ3n) is 3.93. The summed E-state index contributed by atoms with van der Waals surface area (Å²) in [6.07, 6.45) is 0. The number of hydrogen-bond donors (Lipinski definition) is 2. The van der Waals surface area contributed by atoms with E-state index in [2.05, 4.69) is 36.5 Å². The van der Waals surface area contributed by atoms with E-state index in [9.17, 15) is 14.9 Å². The van der Waals surface area contributed by atoms with E-state index in [0.29, 0.717) is 22.9 Å². The van der Waals surface area contributed by atoms with Gasteiger partial charge in [0.15, 0.2) is 5.69 Å². The third-order valence-corrected chi connectivity index (χ3v) is 4.91. The summed E-state index contributed by atoms with van der Waals surface area (Å²) in [5, 5.41) is 24.6. The lowest BCUT2D eigenvalue weighted by molar-refractivity contribution is -0.390. The molecule has 0 spiro atoms. The van der Waals surface area contributed by atoms with E-state index in [4.69, 9.17) is 11.6 Å². The molecule has 0 atom stereocenters. The van der Waals surface area contributed by atoms with Crippen molar-refractivity contribution in [1.82, 2.24) is 20.0 Å². The quantitative estimate of drug-likeness (QED) is 0.449. The number of anilines is 1. The van der Waals surface area contributed by atoms with E-state index < -0.39 is 10.8 Å². The van der Waals surface area contributed by atoms with Gasteiger partial charge in [0, 0.05) is 5.02 Å². The summed E-state index contributed by atoms with van der Waals surface area (Å²) < 4.78 is 1.74. The standard InChI is InChI=1S/C16H14BrClN6O3/c1-8-13(19-16(25)14-12(17)15(21-20-14)24(26)27)9(2)23(22-8)7-10-4-3-5-11(18)6-10/h3-6H,7H2,1-2H3,(H,19,25)(H,20,21). The Balaban J connectivity index is 1.84. The molecule has 140 valence electrons. The number of rotatable bonds is 5. The summed E-state index contributed by atoms with van der Waals surface area (Å²) >= 11 is 9.04. The second-order valence-corrected chi connectivity index (χ2v) is 7.01. The minimum absolute atomic E-state index is 0.00775. The molecule has 0 fully saturated rings. The molecule has 0 saturated heterocycles. The molecule has 0 unspecified atom stereocenters. The molecular weight excluding hydrogens is 440 g/mol. The normalized spacial score (nSPS) is 10.8. The van der Waals surface area contributed by atoms with Gasteiger partial charge in [0.1, 0.15) is 4.47 Å². The molecule has 2 N–H and O–H groups in total. The van der Waals surface area contributed by atoms with Gasteiger partial charge < -0.3 is 15.4 Å². The number of aryl methyl sites for hydroxylation is 1. The number of carbonyl (C=O) groups excluding carboxylic acids is 1. The molecular formula is C16H14BrClN6O3. The fourth-order valence-corrected chi connectivity index (χ4v) is 3.32. The number of nitrogens with zero attached hydrogens (tertiary/aromatic N) is 4. The van der Waals surface area contributed by atoms with E-state index in [1.54, 1.807) is 17.7 Å². The fraction of sp³-hybridized carbons (Fsp3) is 0.188. The Morgan fingerprint density at radius 1 is 1.44 bits per heavy atom. The summed E-state index contributed by atoms with van der Waals surface area (Å²) in [5.41, 5.74) is 2.74. The minimum atomic E-state index is -0.659. The summed E-state index contributed by atoms with van der Waals surface area (Å²) in [6.45, 7) is 4.07. The maximum atomic E-state index is 12.5. The van der Waals surface area contributed by atoms with Gasteiger partial charge in [0.05, 0.1) is 23.6 Å². The number of aromatic nitrogens is 4. The number of nitrogens with one attached hydrogen (secondary N) is 2. The Kier molecular flexibility index (Phi) is 5.29. The van der Waals surface area contributed by atoms with E-state index in [0.717, 1.165) is 11.3 Å². The first-order chi connectivity index (χ1) is 12.8. The highest BCUT2D eigenvalue weighted by molar-refractivity contribution is 9.10. The van der Waals surface area contributed by atoms with Gasteiger partial charge in [-0.1, -0.05) is 28.8 Å². The maximum Gasteiger partial charge on any atom is 0.357 e. The first-order valence-corrected chi connectivity index (χ1v) is 8.93. The maximum absolute atomic E-state index is 12.5. The molecule has 2 aromatic heterocycles. The van der Waals surface area contributed by atoms with Gasteiger partial charge in [-0.2, -0.15) is 5.10 Å². The first-order valence-electron chi connectivity index (χ1n) is 7.76. The fourth-order valence-electron chi connectivity index (χ4n) is 2.60. The van der Waals surface area contributed by atoms with E-state index in [1.165, 1.54) is 0 Å². The Bertz CT molecular complexity index is 1040. The van der Waals surface area contributed by atoms with Crippen LogP contribution >= 0.6 is 27.5 Å². The van der Waals surface area contributed by atoms with E-state index in [1.807, 2.05) is 25.1 Å². The molecule has 0 aliphatic heterocycles. The van der Waals surface area contributed by atoms with Crippen LogP contribution in [0, 0.1) is 24.0 Å². The van der Waals surface area contributed by atoms with Crippen molar-refractivity contribution in [2.45, 2.75) is 20.4 Å². The van der Waals surface area contributed by atoms with Crippen LogP contribution in [0.2, 0.25) is 5.02 Å². The van der Waals surface area contributed by atoms with Crippen LogP contribution in [-0.4, -0.2) is 30.8 Å². The van der Waals surface area contributed by atoms with Gasteiger partial charge in [0.25, 0.3) is 5.91 Å². The lowest BCUT2D eigenvalue weighted by Gasteiger charge is -2.07. The highest BCUT2D eigenvalue weighted by atomic mass is 79.9. The number of aromatic amines is 1. The lowest BCUT2D eigenvalue weighted by Crippen LogP contribution is -2.14. The van der Waals surface area contributed by atoms with Gasteiger partial charge in [-0.05, 0) is 52.4 Å². The average molecular weight is 454 g/mol. The van der Waals surface area contributed by atoms with Gasteiger partial charge in [-0.3, -0.25) is 9.48 Å². The Labute approximate surface area is 167 Å². The summed E-state index contributed by atoms with van der Waals surface area (Å²) in [7, 11) is 0. The minimum Gasteiger partial charge on any atom is -0.358 e. The topological polar surface area (TPSA) is 119 Å². The smallest absolute Gasteiger partial charge is 0.357 e. The lowest BCUT2D eigenvalue weighted by atomic mass is 10.2. The highest BCUT2D eigenvalue weighted by Gasteiger charge is 2.26. The van der Waals surface area contributed by atoms with Crippen molar-refractivity contribution in [2.24, 2.45) is 0 Å². The van der Waals surface area contributed by atoms with Crippen LogP contribution in [0.15, 0.2) is 28.7 Å².